The Morgan fingerprint density at radius 2 is 1.85 bits per heavy atom. The van der Waals surface area contributed by atoms with Gasteiger partial charge in [0.05, 0.1) is 10.0 Å². The van der Waals surface area contributed by atoms with Gasteiger partial charge in [-0.2, -0.15) is 4.98 Å². The van der Waals surface area contributed by atoms with Crippen LogP contribution in [0.1, 0.15) is 31.7 Å². The van der Waals surface area contributed by atoms with Crippen LogP contribution in [0, 0.1) is 0 Å². The molecule has 0 atom stereocenters. The Bertz CT molecular complexity index is 1020. The lowest BCUT2D eigenvalue weighted by Gasteiger charge is -2.16. The fourth-order valence-electron chi connectivity index (χ4n) is 3.38. The number of nitrogens with one attached hydrogen (secondary N) is 1. The number of anilines is 2. The number of phenols is 1. The Labute approximate surface area is 159 Å². The third-order valence-corrected chi connectivity index (χ3v) is 5.21. The number of hydrogen-bond acceptors (Lipinski definition) is 5. The topological polar surface area (TPSA) is 80.0 Å². The van der Waals surface area contributed by atoms with Crippen LogP contribution in [0.5, 0.6) is 5.75 Å². The molecule has 134 valence electrons. The fraction of sp³-hybridized carbons (Fsp3) is 0.278. The molecule has 3 aromatic rings. The standard InChI is InChI=1S/C18H16Cl2N4O2/c19-13-7-11(8-14(20)16(13)26)22-18-21-9-10-5-6-15(25)24(17(10)23-18)12-3-1-2-4-12/h5-9,12,26H,1-4H2,(H,21,22,23). The average Bonchev–Trinajstić information content (AvgIpc) is 3.13. The van der Waals surface area contributed by atoms with E-state index < -0.39 is 0 Å². The summed E-state index contributed by atoms with van der Waals surface area (Å²) in [6, 6.07) is 6.54. The number of aromatic hydroxyl groups is 1. The van der Waals surface area contributed by atoms with Crippen LogP contribution in [0.2, 0.25) is 10.0 Å². The molecule has 4 rings (SSSR count). The van der Waals surface area contributed by atoms with E-state index in [0.717, 1.165) is 31.1 Å². The summed E-state index contributed by atoms with van der Waals surface area (Å²) in [5, 5.41) is 13.8. The van der Waals surface area contributed by atoms with Crippen molar-refractivity contribution in [3.8, 4) is 5.75 Å². The fourth-order valence-corrected chi connectivity index (χ4v) is 3.87. The minimum absolute atomic E-state index is 0.0511. The predicted molar refractivity (Wildman–Crippen MR) is 103 cm³/mol. The molecule has 8 heteroatoms. The zero-order chi connectivity index (χ0) is 18.3. The largest absolute Gasteiger partial charge is 0.505 e. The van der Waals surface area contributed by atoms with E-state index in [2.05, 4.69) is 15.3 Å². The van der Waals surface area contributed by atoms with Gasteiger partial charge in [-0.05, 0) is 31.0 Å². The molecule has 2 N–H and O–H groups in total. The van der Waals surface area contributed by atoms with Gasteiger partial charge in [0, 0.05) is 29.4 Å². The van der Waals surface area contributed by atoms with Crippen molar-refractivity contribution in [1.29, 1.82) is 0 Å². The molecule has 6 nitrogen and oxygen atoms in total. The molecular weight excluding hydrogens is 375 g/mol. The molecule has 2 heterocycles. The molecule has 0 bridgehead atoms. The number of rotatable bonds is 3. The molecule has 26 heavy (non-hydrogen) atoms. The van der Waals surface area contributed by atoms with Gasteiger partial charge in [0.15, 0.2) is 5.75 Å². The van der Waals surface area contributed by atoms with Crippen LogP contribution in [0.4, 0.5) is 11.6 Å². The second-order valence-electron chi connectivity index (χ2n) is 6.37. The molecule has 1 saturated carbocycles. The number of aromatic nitrogens is 3. The van der Waals surface area contributed by atoms with E-state index in [0.29, 0.717) is 17.3 Å². The number of hydrogen-bond donors (Lipinski definition) is 2. The maximum atomic E-state index is 12.4. The number of nitrogens with zero attached hydrogens (tertiary/aromatic N) is 3. The quantitative estimate of drug-likeness (QED) is 0.635. The molecule has 0 aliphatic heterocycles. The molecule has 0 radical (unpaired) electrons. The number of phenolic OH excluding ortho intramolecular Hbond substituents is 1. The lowest BCUT2D eigenvalue weighted by molar-refractivity contribution is 0.476. The Balaban J connectivity index is 1.77. The SMILES string of the molecule is O=c1ccc2cnc(Nc3cc(Cl)c(O)c(Cl)c3)nc2n1C1CCCC1. The van der Waals surface area contributed by atoms with Gasteiger partial charge in [0.2, 0.25) is 5.95 Å². The highest BCUT2D eigenvalue weighted by Crippen LogP contribution is 2.35. The first kappa shape index (κ1) is 17.1. The molecule has 0 amide bonds. The van der Waals surface area contributed by atoms with Crippen molar-refractivity contribution < 1.29 is 5.11 Å². The zero-order valence-electron chi connectivity index (χ0n) is 13.7. The lowest BCUT2D eigenvalue weighted by Crippen LogP contribution is -2.23. The van der Waals surface area contributed by atoms with E-state index in [1.165, 1.54) is 12.1 Å². The first-order chi connectivity index (χ1) is 12.5. The number of benzene rings is 1. The number of halogens is 2. The molecule has 2 aromatic heterocycles. The van der Waals surface area contributed by atoms with Crippen molar-refractivity contribution in [2.24, 2.45) is 0 Å². The molecule has 0 unspecified atom stereocenters. The third kappa shape index (κ3) is 3.10. The minimum Gasteiger partial charge on any atom is -0.505 e. The van der Waals surface area contributed by atoms with E-state index >= 15 is 0 Å². The van der Waals surface area contributed by atoms with Gasteiger partial charge in [-0.25, -0.2) is 4.98 Å². The van der Waals surface area contributed by atoms with Gasteiger partial charge in [-0.3, -0.25) is 9.36 Å². The summed E-state index contributed by atoms with van der Waals surface area (Å²) < 4.78 is 1.77. The second kappa shape index (κ2) is 6.78. The molecule has 1 aliphatic rings. The van der Waals surface area contributed by atoms with Crippen LogP contribution in [0.15, 0.2) is 35.3 Å². The summed E-state index contributed by atoms with van der Waals surface area (Å²) in [6.07, 6.45) is 5.88. The maximum Gasteiger partial charge on any atom is 0.252 e. The molecule has 1 aromatic carbocycles. The molecule has 1 aliphatic carbocycles. The summed E-state index contributed by atoms with van der Waals surface area (Å²) in [7, 11) is 0. The van der Waals surface area contributed by atoms with Crippen molar-refractivity contribution in [1.82, 2.24) is 14.5 Å². The number of pyridine rings is 1. The van der Waals surface area contributed by atoms with E-state index in [-0.39, 0.29) is 27.4 Å². The molecule has 0 saturated heterocycles. The third-order valence-electron chi connectivity index (χ3n) is 4.63. The normalized spacial score (nSPS) is 14.8. The van der Waals surface area contributed by atoms with Crippen LogP contribution in [0.25, 0.3) is 11.0 Å². The predicted octanol–water partition coefficient (Wildman–Crippen LogP) is 4.66. The first-order valence-electron chi connectivity index (χ1n) is 8.36. The molecule has 0 spiro atoms. The summed E-state index contributed by atoms with van der Waals surface area (Å²) in [6.45, 7) is 0. The molecule has 1 fully saturated rings. The average molecular weight is 391 g/mol. The van der Waals surface area contributed by atoms with Crippen LogP contribution >= 0.6 is 23.2 Å². The zero-order valence-corrected chi connectivity index (χ0v) is 15.3. The summed E-state index contributed by atoms with van der Waals surface area (Å²) in [4.78, 5) is 21.3. The first-order valence-corrected chi connectivity index (χ1v) is 9.12. The van der Waals surface area contributed by atoms with Crippen molar-refractivity contribution in [3.63, 3.8) is 0 Å². The van der Waals surface area contributed by atoms with E-state index in [1.54, 1.807) is 22.9 Å². The summed E-state index contributed by atoms with van der Waals surface area (Å²) >= 11 is 11.9. The second-order valence-corrected chi connectivity index (χ2v) is 7.18. The van der Waals surface area contributed by atoms with E-state index in [4.69, 9.17) is 23.2 Å². The van der Waals surface area contributed by atoms with Crippen LogP contribution in [-0.2, 0) is 0 Å². The van der Waals surface area contributed by atoms with Crippen molar-refractivity contribution in [3.05, 3.63) is 50.9 Å². The highest BCUT2D eigenvalue weighted by Gasteiger charge is 2.20. The van der Waals surface area contributed by atoms with Crippen LogP contribution in [0.3, 0.4) is 0 Å². The van der Waals surface area contributed by atoms with E-state index in [9.17, 15) is 9.90 Å². The highest BCUT2D eigenvalue weighted by molar-refractivity contribution is 6.37. The summed E-state index contributed by atoms with van der Waals surface area (Å²) in [5.74, 6) is 0.154. The Morgan fingerprint density at radius 1 is 1.15 bits per heavy atom. The van der Waals surface area contributed by atoms with E-state index in [1.807, 2.05) is 0 Å². The number of fused-ring (bicyclic) bond motifs is 1. The Hall–Kier alpha value is -2.31. The summed E-state index contributed by atoms with van der Waals surface area (Å²) in [5.41, 5.74) is 1.10. The van der Waals surface area contributed by atoms with Gasteiger partial charge < -0.3 is 10.4 Å². The van der Waals surface area contributed by atoms with Gasteiger partial charge in [0.1, 0.15) is 5.65 Å². The maximum absolute atomic E-state index is 12.4. The monoisotopic (exact) mass is 390 g/mol. The molecular formula is C18H16Cl2N4O2. The van der Waals surface area contributed by atoms with Crippen molar-refractivity contribution >= 4 is 45.9 Å². The van der Waals surface area contributed by atoms with Gasteiger partial charge in [-0.1, -0.05) is 36.0 Å². The van der Waals surface area contributed by atoms with Gasteiger partial charge in [0.25, 0.3) is 5.56 Å². The smallest absolute Gasteiger partial charge is 0.252 e. The Morgan fingerprint density at radius 3 is 2.54 bits per heavy atom. The minimum atomic E-state index is -0.173. The van der Waals surface area contributed by atoms with Crippen LogP contribution < -0.4 is 10.9 Å². The van der Waals surface area contributed by atoms with Crippen molar-refractivity contribution in [2.75, 3.05) is 5.32 Å². The van der Waals surface area contributed by atoms with Crippen LogP contribution in [-0.4, -0.2) is 19.6 Å². The lowest BCUT2D eigenvalue weighted by atomic mass is 10.2. The van der Waals surface area contributed by atoms with Crippen molar-refractivity contribution in [2.45, 2.75) is 31.7 Å². The highest BCUT2D eigenvalue weighted by atomic mass is 35.5. The van der Waals surface area contributed by atoms with Gasteiger partial charge in [-0.15, -0.1) is 0 Å². The van der Waals surface area contributed by atoms with Gasteiger partial charge >= 0.3 is 0 Å². The Kier molecular flexibility index (Phi) is 4.46.